The molecule has 1 aromatic carbocycles. The molecule has 0 fully saturated rings. The fourth-order valence-electron chi connectivity index (χ4n) is 1.85. The Balaban J connectivity index is 2.36. The van der Waals surface area contributed by atoms with Crippen molar-refractivity contribution in [2.45, 2.75) is 17.9 Å². The molecule has 1 aromatic rings. The largest absolute Gasteiger partial charge is 0.416 e. The Bertz CT molecular complexity index is 660. The van der Waals surface area contributed by atoms with Crippen molar-refractivity contribution in [3.05, 3.63) is 40.9 Å². The Kier molecular flexibility index (Phi) is 4.91. The minimum absolute atomic E-state index is 0.229. The maximum absolute atomic E-state index is 12.8. The van der Waals surface area contributed by atoms with Gasteiger partial charge in [-0.1, -0.05) is 17.7 Å². The molecule has 1 aliphatic heterocycles. The normalized spacial score (nSPS) is 22.1. The quantitative estimate of drug-likeness (QED) is 0.453. The van der Waals surface area contributed by atoms with Crippen LogP contribution in [0.1, 0.15) is 12.5 Å². The van der Waals surface area contributed by atoms with E-state index in [4.69, 9.17) is 11.6 Å². The van der Waals surface area contributed by atoms with E-state index >= 15 is 0 Å². The number of nitrogens with zero attached hydrogens (tertiary/aromatic N) is 2. The summed E-state index contributed by atoms with van der Waals surface area (Å²) in [5.41, 5.74) is -0.574. The second kappa shape index (κ2) is 6.37. The summed E-state index contributed by atoms with van der Waals surface area (Å²) in [7, 11) is -1.10. The SMILES string of the molecule is CC1=CN(c2cccc(C(F)(F)F)c2)C(Cl)S1=NC(=O)CF. The maximum atomic E-state index is 12.8. The van der Waals surface area contributed by atoms with E-state index in [0.29, 0.717) is 4.91 Å². The van der Waals surface area contributed by atoms with E-state index in [2.05, 4.69) is 4.36 Å². The first-order valence-corrected chi connectivity index (χ1v) is 7.74. The third kappa shape index (κ3) is 3.49. The van der Waals surface area contributed by atoms with Crippen LogP contribution in [0.2, 0.25) is 0 Å². The smallest absolute Gasteiger partial charge is 0.321 e. The molecule has 0 saturated carbocycles. The number of rotatable bonds is 2. The van der Waals surface area contributed by atoms with Gasteiger partial charge in [-0.15, -0.1) is 0 Å². The molecular formula is C13H11ClF4N2OS. The number of amides is 1. The molecule has 2 unspecified atom stereocenters. The summed E-state index contributed by atoms with van der Waals surface area (Å²) >= 11 is 6.18. The van der Waals surface area contributed by atoms with E-state index in [1.807, 2.05) is 0 Å². The van der Waals surface area contributed by atoms with Crippen LogP contribution < -0.4 is 4.90 Å². The van der Waals surface area contributed by atoms with Gasteiger partial charge < -0.3 is 4.90 Å². The number of alkyl halides is 5. The Morgan fingerprint density at radius 2 is 2.14 bits per heavy atom. The molecule has 9 heteroatoms. The molecule has 120 valence electrons. The summed E-state index contributed by atoms with van der Waals surface area (Å²) in [6.45, 7) is 0.408. The van der Waals surface area contributed by atoms with Crippen molar-refractivity contribution in [2.24, 2.45) is 4.36 Å². The average Bonchev–Trinajstić information content (AvgIpc) is 2.74. The van der Waals surface area contributed by atoms with E-state index in [1.165, 1.54) is 23.2 Å². The molecule has 0 radical (unpaired) electrons. The minimum Gasteiger partial charge on any atom is -0.321 e. The van der Waals surface area contributed by atoms with Gasteiger partial charge in [0.05, 0.1) is 5.56 Å². The van der Waals surface area contributed by atoms with Gasteiger partial charge in [-0.2, -0.15) is 17.5 Å². The van der Waals surface area contributed by atoms with E-state index in [1.54, 1.807) is 6.92 Å². The fourth-order valence-corrected chi connectivity index (χ4v) is 3.99. The van der Waals surface area contributed by atoms with Crippen LogP contribution in [0.3, 0.4) is 0 Å². The lowest BCUT2D eigenvalue weighted by Crippen LogP contribution is -2.24. The van der Waals surface area contributed by atoms with Crippen molar-refractivity contribution in [2.75, 3.05) is 11.6 Å². The molecule has 1 heterocycles. The first-order chi connectivity index (χ1) is 10.2. The van der Waals surface area contributed by atoms with Crippen LogP contribution in [0.4, 0.5) is 23.2 Å². The van der Waals surface area contributed by atoms with Crippen molar-refractivity contribution in [1.82, 2.24) is 0 Å². The summed E-state index contributed by atoms with van der Waals surface area (Å²) in [5, 5.41) is 0. The van der Waals surface area contributed by atoms with Crippen molar-refractivity contribution < 1.29 is 22.4 Å². The molecule has 3 nitrogen and oxygen atoms in total. The zero-order valence-corrected chi connectivity index (χ0v) is 12.8. The standard InChI is InChI=1S/C13H11ClF4N2OS/c1-8-7-20(12(14)22(8)19-11(21)6-15)10-4-2-3-9(5-10)13(16,17)18/h2-5,7,12H,6H2,1H3. The molecule has 0 aliphatic carbocycles. The van der Waals surface area contributed by atoms with Crippen LogP contribution in [0.25, 0.3) is 0 Å². The molecule has 0 saturated heterocycles. The lowest BCUT2D eigenvalue weighted by atomic mass is 10.2. The van der Waals surface area contributed by atoms with Gasteiger partial charge in [0.25, 0.3) is 5.91 Å². The Labute approximate surface area is 131 Å². The Morgan fingerprint density at radius 3 is 2.73 bits per heavy atom. The highest BCUT2D eigenvalue weighted by Gasteiger charge is 2.33. The molecule has 0 aromatic heterocycles. The van der Waals surface area contributed by atoms with Crippen molar-refractivity contribution >= 4 is 33.9 Å². The highest BCUT2D eigenvalue weighted by molar-refractivity contribution is 7.93. The molecule has 1 aliphatic rings. The van der Waals surface area contributed by atoms with Crippen LogP contribution in [0.5, 0.6) is 0 Å². The van der Waals surface area contributed by atoms with Crippen LogP contribution in [0, 0.1) is 0 Å². The van der Waals surface area contributed by atoms with Gasteiger partial charge in [-0.25, -0.2) is 4.39 Å². The second-order valence-corrected chi connectivity index (χ2v) is 6.99. The topological polar surface area (TPSA) is 32.7 Å². The van der Waals surface area contributed by atoms with Gasteiger partial charge in [-0.3, -0.25) is 4.79 Å². The van der Waals surface area contributed by atoms with Gasteiger partial charge >= 0.3 is 6.18 Å². The number of hydrogen-bond acceptors (Lipinski definition) is 2. The maximum Gasteiger partial charge on any atom is 0.416 e. The number of anilines is 1. The average molecular weight is 355 g/mol. The second-order valence-electron chi connectivity index (χ2n) is 4.42. The molecule has 2 rings (SSSR count). The van der Waals surface area contributed by atoms with Crippen molar-refractivity contribution in [1.29, 1.82) is 0 Å². The molecule has 0 spiro atoms. The minimum atomic E-state index is -4.47. The molecule has 22 heavy (non-hydrogen) atoms. The van der Waals surface area contributed by atoms with Gasteiger partial charge in [0, 0.05) is 16.8 Å². The van der Waals surface area contributed by atoms with Crippen molar-refractivity contribution in [3.8, 4) is 0 Å². The summed E-state index contributed by atoms with van der Waals surface area (Å²) < 4.78 is 54.2. The fraction of sp³-hybridized carbons (Fsp3) is 0.308. The number of hydrogen-bond donors (Lipinski definition) is 0. The van der Waals surface area contributed by atoms with E-state index in [0.717, 1.165) is 12.1 Å². The Hall–Kier alpha value is -1.41. The van der Waals surface area contributed by atoms with Crippen LogP contribution in [-0.4, -0.2) is 17.4 Å². The molecule has 0 bridgehead atoms. The summed E-state index contributed by atoms with van der Waals surface area (Å²) in [4.78, 5) is 12.2. The number of carbonyl (C=O) groups excluding carboxylic acids is 1. The number of carbonyl (C=O) groups is 1. The predicted octanol–water partition coefficient (Wildman–Crippen LogP) is 4.21. The van der Waals surface area contributed by atoms with Gasteiger partial charge in [0.1, 0.15) is 0 Å². The first-order valence-electron chi connectivity index (χ1n) is 6.06. The zero-order chi connectivity index (χ0) is 16.5. The molecular weight excluding hydrogens is 344 g/mol. The van der Waals surface area contributed by atoms with Crippen LogP contribution in [0.15, 0.2) is 39.7 Å². The Morgan fingerprint density at radius 1 is 1.45 bits per heavy atom. The van der Waals surface area contributed by atoms with Crippen LogP contribution in [-0.2, 0) is 21.7 Å². The molecule has 0 N–H and O–H groups in total. The van der Waals surface area contributed by atoms with E-state index in [9.17, 15) is 22.4 Å². The van der Waals surface area contributed by atoms with Crippen LogP contribution >= 0.6 is 11.6 Å². The summed E-state index contributed by atoms with van der Waals surface area (Å²) in [5.74, 6) is -0.937. The van der Waals surface area contributed by atoms with Gasteiger partial charge in [0.2, 0.25) is 0 Å². The summed E-state index contributed by atoms with van der Waals surface area (Å²) in [6.07, 6.45) is -2.95. The highest BCUT2D eigenvalue weighted by Crippen LogP contribution is 2.36. The third-order valence-corrected chi connectivity index (χ3v) is 5.32. The number of benzene rings is 1. The van der Waals surface area contributed by atoms with Gasteiger partial charge in [0.15, 0.2) is 11.5 Å². The van der Waals surface area contributed by atoms with Crippen molar-refractivity contribution in [3.63, 3.8) is 0 Å². The number of allylic oxidation sites excluding steroid dienone is 1. The monoisotopic (exact) mass is 354 g/mol. The van der Waals surface area contributed by atoms with E-state index in [-0.39, 0.29) is 5.69 Å². The molecule has 1 amide bonds. The number of halogens is 5. The van der Waals surface area contributed by atoms with E-state index < -0.39 is 39.8 Å². The first kappa shape index (κ1) is 17.0. The zero-order valence-electron chi connectivity index (χ0n) is 11.3. The van der Waals surface area contributed by atoms with Gasteiger partial charge in [-0.05, 0) is 35.8 Å². The molecule has 2 atom stereocenters. The third-order valence-electron chi connectivity index (χ3n) is 2.84. The highest BCUT2D eigenvalue weighted by atomic mass is 35.5. The predicted molar refractivity (Wildman–Crippen MR) is 78.1 cm³/mol. The lowest BCUT2D eigenvalue weighted by Gasteiger charge is -2.21. The lowest BCUT2D eigenvalue weighted by molar-refractivity contribution is -0.137. The summed E-state index contributed by atoms with van der Waals surface area (Å²) in [6, 6.07) is 4.66.